The maximum Gasteiger partial charge on any atom is 0.414 e. The molecular weight excluding hydrogens is 332 g/mol. The Kier molecular flexibility index (Phi) is 5.28. The molecule has 1 saturated carbocycles. The van der Waals surface area contributed by atoms with Gasteiger partial charge in [-0.1, -0.05) is 26.0 Å². The van der Waals surface area contributed by atoms with Crippen molar-refractivity contribution < 1.29 is 19.4 Å². The summed E-state index contributed by atoms with van der Waals surface area (Å²) in [6.07, 6.45) is 0.472. The Morgan fingerprint density at radius 2 is 2.08 bits per heavy atom. The van der Waals surface area contributed by atoms with Gasteiger partial charge in [0.25, 0.3) is 0 Å². The Morgan fingerprint density at radius 1 is 1.38 bits per heavy atom. The zero-order valence-electron chi connectivity index (χ0n) is 16.1. The van der Waals surface area contributed by atoms with Crippen LogP contribution in [0.15, 0.2) is 24.3 Å². The van der Waals surface area contributed by atoms with Crippen molar-refractivity contribution in [3.05, 3.63) is 29.8 Å². The highest BCUT2D eigenvalue weighted by Gasteiger charge is 2.59. The average molecular weight is 362 g/mol. The molecule has 1 aromatic carbocycles. The van der Waals surface area contributed by atoms with Crippen molar-refractivity contribution in [3.63, 3.8) is 0 Å². The molecule has 0 bridgehead atoms. The zero-order chi connectivity index (χ0) is 18.9. The number of ether oxygens (including phenoxy) is 2. The lowest BCUT2D eigenvalue weighted by Crippen LogP contribution is -2.68. The molecule has 1 aromatic rings. The van der Waals surface area contributed by atoms with Crippen molar-refractivity contribution in [2.24, 2.45) is 5.41 Å². The number of anilines is 1. The predicted molar refractivity (Wildman–Crippen MR) is 100 cm³/mol. The van der Waals surface area contributed by atoms with Gasteiger partial charge >= 0.3 is 6.09 Å². The van der Waals surface area contributed by atoms with E-state index in [1.165, 1.54) is 0 Å². The maximum atomic E-state index is 11.6. The second-order valence-electron chi connectivity index (χ2n) is 7.86. The van der Waals surface area contributed by atoms with Crippen molar-refractivity contribution >= 4 is 11.8 Å². The third-order valence-electron chi connectivity index (χ3n) is 6.06. The Bertz CT molecular complexity index is 646. The number of aliphatic hydroxyl groups is 1. The van der Waals surface area contributed by atoms with Crippen LogP contribution in [0.25, 0.3) is 0 Å². The molecular formula is C20H30N2O4. The lowest BCUT2D eigenvalue weighted by atomic mass is 9.56. The molecule has 2 fully saturated rings. The highest BCUT2D eigenvalue weighted by Crippen LogP contribution is 2.51. The summed E-state index contributed by atoms with van der Waals surface area (Å²) in [7, 11) is 0. The first-order valence-corrected chi connectivity index (χ1v) is 9.40. The van der Waals surface area contributed by atoms with Gasteiger partial charge in [0, 0.05) is 36.7 Å². The van der Waals surface area contributed by atoms with Crippen LogP contribution in [0.2, 0.25) is 0 Å². The van der Waals surface area contributed by atoms with E-state index >= 15 is 0 Å². The molecule has 0 spiro atoms. The summed E-state index contributed by atoms with van der Waals surface area (Å²) >= 11 is 0. The van der Waals surface area contributed by atoms with Crippen LogP contribution in [-0.2, 0) is 9.47 Å². The van der Waals surface area contributed by atoms with E-state index in [9.17, 15) is 9.90 Å². The third kappa shape index (κ3) is 3.33. The lowest BCUT2D eigenvalue weighted by molar-refractivity contribution is -0.238. The van der Waals surface area contributed by atoms with Gasteiger partial charge in [0.05, 0.1) is 18.2 Å². The molecule has 0 radical (unpaired) electrons. The number of benzene rings is 1. The number of nitrogens with one attached hydrogen (secondary N) is 1. The quantitative estimate of drug-likeness (QED) is 0.780. The smallest absolute Gasteiger partial charge is 0.414 e. The standard InChI is InChI=1S/C20H30N2O4/c1-5-25-17-12-20(24,19(17,3)4)13-21-14(2)15-6-8-16(9-7-15)22-10-11-26-18(22)23/h6-9,14,17,21,24H,5,10-13H2,1-4H3/t14-,17+,20+/m0/s1. The van der Waals surface area contributed by atoms with Crippen LogP contribution < -0.4 is 10.2 Å². The minimum absolute atomic E-state index is 0.0977. The normalized spacial score (nSPS) is 28.6. The Morgan fingerprint density at radius 3 is 2.62 bits per heavy atom. The van der Waals surface area contributed by atoms with E-state index in [4.69, 9.17) is 9.47 Å². The highest BCUT2D eigenvalue weighted by molar-refractivity contribution is 5.89. The van der Waals surface area contributed by atoms with Crippen molar-refractivity contribution in [3.8, 4) is 0 Å². The molecule has 0 unspecified atom stereocenters. The van der Waals surface area contributed by atoms with Crippen LogP contribution in [0.5, 0.6) is 0 Å². The van der Waals surface area contributed by atoms with E-state index in [0.29, 0.717) is 32.7 Å². The lowest BCUT2D eigenvalue weighted by Gasteiger charge is -2.58. The average Bonchev–Trinajstić information content (AvgIpc) is 3.05. The molecule has 3 rings (SSSR count). The Hall–Kier alpha value is -1.63. The summed E-state index contributed by atoms with van der Waals surface area (Å²) < 4.78 is 10.7. The van der Waals surface area contributed by atoms with Gasteiger partial charge in [-0.3, -0.25) is 4.90 Å². The second kappa shape index (κ2) is 7.18. The fourth-order valence-electron chi connectivity index (χ4n) is 3.77. The van der Waals surface area contributed by atoms with E-state index in [0.717, 1.165) is 11.3 Å². The molecule has 1 heterocycles. The molecule has 1 aliphatic heterocycles. The largest absolute Gasteiger partial charge is 0.447 e. The molecule has 3 atom stereocenters. The minimum atomic E-state index is -0.764. The summed E-state index contributed by atoms with van der Waals surface area (Å²) in [4.78, 5) is 13.3. The Balaban J connectivity index is 1.57. The fraction of sp³-hybridized carbons (Fsp3) is 0.650. The zero-order valence-corrected chi connectivity index (χ0v) is 16.1. The van der Waals surface area contributed by atoms with E-state index < -0.39 is 5.60 Å². The van der Waals surface area contributed by atoms with Gasteiger partial charge in [0.15, 0.2) is 0 Å². The first-order valence-electron chi connectivity index (χ1n) is 9.40. The van der Waals surface area contributed by atoms with Crippen molar-refractivity contribution in [1.82, 2.24) is 5.32 Å². The van der Waals surface area contributed by atoms with Crippen LogP contribution in [-0.4, -0.2) is 49.2 Å². The first kappa shape index (κ1) is 19.1. The third-order valence-corrected chi connectivity index (χ3v) is 6.06. The molecule has 1 amide bonds. The molecule has 6 nitrogen and oxygen atoms in total. The predicted octanol–water partition coefficient (Wildman–Crippen LogP) is 2.86. The molecule has 6 heteroatoms. The van der Waals surface area contributed by atoms with Gasteiger partial charge in [-0.2, -0.15) is 0 Å². The molecule has 1 saturated heterocycles. The van der Waals surface area contributed by atoms with Crippen LogP contribution in [0.4, 0.5) is 10.5 Å². The van der Waals surface area contributed by atoms with Crippen molar-refractivity contribution in [2.45, 2.75) is 51.9 Å². The number of nitrogens with zero attached hydrogens (tertiary/aromatic N) is 1. The number of carbonyl (C=O) groups is 1. The molecule has 2 aliphatic rings. The molecule has 1 aliphatic carbocycles. The number of carbonyl (C=O) groups excluding carboxylic acids is 1. The molecule has 2 N–H and O–H groups in total. The van der Waals surface area contributed by atoms with Gasteiger partial charge in [0.1, 0.15) is 6.61 Å². The molecule has 0 aromatic heterocycles. The van der Waals surface area contributed by atoms with Gasteiger partial charge in [-0.15, -0.1) is 0 Å². The number of amides is 1. The molecule has 144 valence electrons. The maximum absolute atomic E-state index is 11.6. The van der Waals surface area contributed by atoms with Gasteiger partial charge in [0.2, 0.25) is 0 Å². The van der Waals surface area contributed by atoms with E-state index in [2.05, 4.69) is 26.1 Å². The summed E-state index contributed by atoms with van der Waals surface area (Å²) in [5.41, 5.74) is 0.931. The summed E-state index contributed by atoms with van der Waals surface area (Å²) in [6.45, 7) is 10.4. The van der Waals surface area contributed by atoms with E-state index in [-0.39, 0.29) is 23.7 Å². The fourth-order valence-corrected chi connectivity index (χ4v) is 3.77. The van der Waals surface area contributed by atoms with Crippen LogP contribution in [0.3, 0.4) is 0 Å². The van der Waals surface area contributed by atoms with Crippen LogP contribution in [0, 0.1) is 5.41 Å². The first-order chi connectivity index (χ1) is 12.3. The van der Waals surface area contributed by atoms with E-state index in [1.807, 2.05) is 31.2 Å². The van der Waals surface area contributed by atoms with Gasteiger partial charge < -0.3 is 19.9 Å². The van der Waals surface area contributed by atoms with Crippen LogP contribution in [0.1, 0.15) is 45.7 Å². The highest BCUT2D eigenvalue weighted by atomic mass is 16.6. The number of hydrogen-bond donors (Lipinski definition) is 2. The molecule has 26 heavy (non-hydrogen) atoms. The summed E-state index contributed by atoms with van der Waals surface area (Å²) in [5, 5.41) is 14.4. The minimum Gasteiger partial charge on any atom is -0.447 e. The van der Waals surface area contributed by atoms with E-state index in [1.54, 1.807) is 4.90 Å². The van der Waals surface area contributed by atoms with Gasteiger partial charge in [-0.05, 0) is 31.5 Å². The number of rotatable bonds is 7. The monoisotopic (exact) mass is 362 g/mol. The summed E-state index contributed by atoms with van der Waals surface area (Å²) in [5.74, 6) is 0. The van der Waals surface area contributed by atoms with Crippen LogP contribution >= 0.6 is 0 Å². The number of cyclic esters (lactones) is 1. The Labute approximate surface area is 155 Å². The second-order valence-corrected chi connectivity index (χ2v) is 7.86. The summed E-state index contributed by atoms with van der Waals surface area (Å²) in [6, 6.07) is 8.00. The topological polar surface area (TPSA) is 71.0 Å². The SMILES string of the molecule is CCO[C@@H]1C[C@@](O)(CN[C@@H](C)c2ccc(N3CCOC3=O)cc2)C1(C)C. The van der Waals surface area contributed by atoms with Crippen molar-refractivity contribution in [2.75, 3.05) is 31.2 Å². The van der Waals surface area contributed by atoms with Crippen molar-refractivity contribution in [1.29, 1.82) is 0 Å². The number of hydrogen-bond acceptors (Lipinski definition) is 5. The van der Waals surface area contributed by atoms with Gasteiger partial charge in [-0.25, -0.2) is 4.79 Å².